The number of fused-ring (bicyclic) bond motifs is 1. The Morgan fingerprint density at radius 1 is 1.31 bits per heavy atom. The van der Waals surface area contributed by atoms with Gasteiger partial charge < -0.3 is 14.3 Å². The van der Waals surface area contributed by atoms with Crippen LogP contribution in [0.5, 0.6) is 5.88 Å². The average molecular weight is 460 g/mol. The molecule has 1 N–H and O–H groups in total. The largest absolute Gasteiger partial charge is 0.481 e. The van der Waals surface area contributed by atoms with Gasteiger partial charge in [-0.3, -0.25) is 9.69 Å². The molecule has 0 spiro atoms. The number of carbonyl (C=O) groups is 1. The maximum Gasteiger partial charge on any atom is 0.303 e. The van der Waals surface area contributed by atoms with Crippen molar-refractivity contribution in [3.05, 3.63) is 41.1 Å². The molecule has 1 fully saturated rings. The molecule has 1 aliphatic heterocycles. The van der Waals surface area contributed by atoms with Crippen LogP contribution < -0.4 is 4.74 Å². The minimum absolute atomic E-state index is 0.00588. The molecule has 1 atom stereocenters. The Morgan fingerprint density at radius 3 is 2.93 bits per heavy atom. The molecule has 2 aromatic heterocycles. The molecule has 8 heteroatoms. The standard InChI is InChI=1S/C21H22BrN3O4/c22-18-17-20(28-15-8-4-10-25(12-15)11-5-9-16(26)27)23-13-24-21(17)29-19(18)14-6-2-1-3-7-14/h1-3,6-7,13,15H,4-5,8-12H2,(H,26,27). The Hall–Kier alpha value is -2.45. The van der Waals surface area contributed by atoms with Crippen molar-refractivity contribution in [1.29, 1.82) is 0 Å². The van der Waals surface area contributed by atoms with Crippen molar-refractivity contribution >= 4 is 33.0 Å². The Balaban J connectivity index is 1.52. The maximum absolute atomic E-state index is 10.7. The number of likely N-dealkylation sites (tertiary alicyclic amines) is 1. The van der Waals surface area contributed by atoms with E-state index in [0.717, 1.165) is 47.9 Å². The van der Waals surface area contributed by atoms with Gasteiger partial charge in [-0.25, -0.2) is 9.97 Å². The fourth-order valence-electron chi connectivity index (χ4n) is 3.66. The number of carboxylic acid groups (broad SMARTS) is 1. The van der Waals surface area contributed by atoms with Gasteiger partial charge in [-0.15, -0.1) is 0 Å². The molecule has 1 unspecified atom stereocenters. The SMILES string of the molecule is O=C(O)CCCN1CCCC(Oc2ncnc3oc(-c4ccccc4)c(Br)c23)C1. The molecule has 1 saturated heterocycles. The molecule has 7 nitrogen and oxygen atoms in total. The summed E-state index contributed by atoms with van der Waals surface area (Å²) in [5, 5.41) is 9.56. The number of aliphatic carboxylic acids is 1. The molecule has 29 heavy (non-hydrogen) atoms. The molecular formula is C21H22BrN3O4. The van der Waals surface area contributed by atoms with Crippen molar-refractivity contribution in [3.8, 4) is 17.2 Å². The summed E-state index contributed by atoms with van der Waals surface area (Å²) >= 11 is 3.64. The van der Waals surface area contributed by atoms with E-state index in [0.29, 0.717) is 23.8 Å². The van der Waals surface area contributed by atoms with Crippen LogP contribution in [0, 0.1) is 0 Å². The summed E-state index contributed by atoms with van der Waals surface area (Å²) in [5.41, 5.74) is 1.43. The summed E-state index contributed by atoms with van der Waals surface area (Å²) in [6.07, 6.45) is 4.23. The minimum atomic E-state index is -0.753. The molecule has 0 amide bonds. The highest BCUT2D eigenvalue weighted by molar-refractivity contribution is 9.10. The number of hydrogen-bond acceptors (Lipinski definition) is 6. The van der Waals surface area contributed by atoms with Crippen molar-refractivity contribution in [2.24, 2.45) is 0 Å². The van der Waals surface area contributed by atoms with Crippen LogP contribution in [0.25, 0.3) is 22.4 Å². The lowest BCUT2D eigenvalue weighted by Gasteiger charge is -2.32. The summed E-state index contributed by atoms with van der Waals surface area (Å²) in [5.74, 6) is 0.451. The summed E-state index contributed by atoms with van der Waals surface area (Å²) < 4.78 is 13.0. The molecule has 0 radical (unpaired) electrons. The fraction of sp³-hybridized carbons (Fsp3) is 0.381. The summed E-state index contributed by atoms with van der Waals surface area (Å²) in [6.45, 7) is 2.48. The van der Waals surface area contributed by atoms with E-state index in [9.17, 15) is 4.79 Å². The normalized spacial score (nSPS) is 17.5. The summed E-state index contributed by atoms with van der Waals surface area (Å²) in [6, 6.07) is 9.83. The molecule has 1 aromatic carbocycles. The summed E-state index contributed by atoms with van der Waals surface area (Å²) in [4.78, 5) is 21.6. The second-order valence-electron chi connectivity index (χ2n) is 7.15. The highest BCUT2D eigenvalue weighted by Crippen LogP contribution is 2.40. The van der Waals surface area contributed by atoms with E-state index in [2.05, 4.69) is 30.8 Å². The van der Waals surface area contributed by atoms with Crippen molar-refractivity contribution in [3.63, 3.8) is 0 Å². The number of piperidine rings is 1. The van der Waals surface area contributed by atoms with Crippen LogP contribution in [0.15, 0.2) is 45.5 Å². The number of aromatic nitrogens is 2. The van der Waals surface area contributed by atoms with Crippen LogP contribution in [-0.4, -0.2) is 51.7 Å². The first-order valence-corrected chi connectivity index (χ1v) is 10.5. The Labute approximate surface area is 176 Å². The molecule has 3 aromatic rings. The highest BCUT2D eigenvalue weighted by Gasteiger charge is 2.25. The van der Waals surface area contributed by atoms with E-state index in [-0.39, 0.29) is 12.5 Å². The van der Waals surface area contributed by atoms with E-state index in [1.807, 2.05) is 30.3 Å². The van der Waals surface area contributed by atoms with Gasteiger partial charge in [0.15, 0.2) is 5.76 Å². The zero-order valence-electron chi connectivity index (χ0n) is 15.9. The Kier molecular flexibility index (Phi) is 6.10. The van der Waals surface area contributed by atoms with Crippen LogP contribution in [0.2, 0.25) is 0 Å². The van der Waals surface area contributed by atoms with E-state index < -0.39 is 5.97 Å². The first kappa shape index (κ1) is 19.8. The van der Waals surface area contributed by atoms with Gasteiger partial charge in [0.2, 0.25) is 11.6 Å². The lowest BCUT2D eigenvalue weighted by molar-refractivity contribution is -0.137. The van der Waals surface area contributed by atoms with Gasteiger partial charge >= 0.3 is 5.97 Å². The summed E-state index contributed by atoms with van der Waals surface area (Å²) in [7, 11) is 0. The Bertz CT molecular complexity index is 992. The number of hydrogen-bond donors (Lipinski definition) is 1. The topological polar surface area (TPSA) is 88.7 Å². The molecule has 0 aliphatic carbocycles. The first-order valence-electron chi connectivity index (χ1n) is 9.71. The predicted molar refractivity (Wildman–Crippen MR) is 112 cm³/mol. The van der Waals surface area contributed by atoms with E-state index in [1.54, 1.807) is 0 Å². The van der Waals surface area contributed by atoms with Crippen LogP contribution >= 0.6 is 15.9 Å². The third kappa shape index (κ3) is 4.59. The fourth-order valence-corrected chi connectivity index (χ4v) is 4.31. The number of benzene rings is 1. The molecule has 0 bridgehead atoms. The van der Waals surface area contributed by atoms with Gasteiger partial charge in [0.05, 0.1) is 4.47 Å². The van der Waals surface area contributed by atoms with E-state index >= 15 is 0 Å². The zero-order chi connectivity index (χ0) is 20.2. The van der Waals surface area contributed by atoms with Gasteiger partial charge in [-0.05, 0) is 48.3 Å². The highest BCUT2D eigenvalue weighted by atomic mass is 79.9. The van der Waals surface area contributed by atoms with Gasteiger partial charge in [0, 0.05) is 18.5 Å². The van der Waals surface area contributed by atoms with Crippen molar-refractivity contribution in [1.82, 2.24) is 14.9 Å². The second kappa shape index (κ2) is 8.92. The number of carboxylic acids is 1. The van der Waals surface area contributed by atoms with Gasteiger partial charge in [-0.2, -0.15) is 0 Å². The lowest BCUT2D eigenvalue weighted by Crippen LogP contribution is -2.41. The van der Waals surface area contributed by atoms with Crippen LogP contribution in [0.4, 0.5) is 0 Å². The smallest absolute Gasteiger partial charge is 0.303 e. The predicted octanol–water partition coefficient (Wildman–Crippen LogP) is 4.36. The molecule has 152 valence electrons. The van der Waals surface area contributed by atoms with Crippen LogP contribution in [0.1, 0.15) is 25.7 Å². The monoisotopic (exact) mass is 459 g/mol. The first-order chi connectivity index (χ1) is 14.1. The van der Waals surface area contributed by atoms with Crippen molar-refractivity contribution in [2.75, 3.05) is 19.6 Å². The van der Waals surface area contributed by atoms with Crippen LogP contribution in [-0.2, 0) is 4.79 Å². The zero-order valence-corrected chi connectivity index (χ0v) is 17.5. The average Bonchev–Trinajstić information content (AvgIpc) is 3.06. The Morgan fingerprint density at radius 2 is 2.14 bits per heavy atom. The minimum Gasteiger partial charge on any atom is -0.481 e. The number of nitrogens with zero attached hydrogens (tertiary/aromatic N) is 3. The van der Waals surface area contributed by atoms with Crippen molar-refractivity contribution < 1.29 is 19.1 Å². The quantitative estimate of drug-likeness (QED) is 0.561. The van der Waals surface area contributed by atoms with Gasteiger partial charge in [0.25, 0.3) is 0 Å². The van der Waals surface area contributed by atoms with Gasteiger partial charge in [0.1, 0.15) is 17.8 Å². The van der Waals surface area contributed by atoms with E-state index in [1.165, 1.54) is 6.33 Å². The number of rotatable bonds is 7. The maximum atomic E-state index is 10.7. The number of halogens is 1. The van der Waals surface area contributed by atoms with Gasteiger partial charge in [-0.1, -0.05) is 30.3 Å². The third-order valence-electron chi connectivity index (χ3n) is 5.04. The third-order valence-corrected chi connectivity index (χ3v) is 5.79. The van der Waals surface area contributed by atoms with E-state index in [4.69, 9.17) is 14.3 Å². The van der Waals surface area contributed by atoms with Crippen molar-refractivity contribution in [2.45, 2.75) is 31.8 Å². The molecule has 3 heterocycles. The molecule has 1 aliphatic rings. The second-order valence-corrected chi connectivity index (χ2v) is 7.94. The molecule has 0 saturated carbocycles. The van der Waals surface area contributed by atoms with Crippen LogP contribution in [0.3, 0.4) is 0 Å². The molecule has 4 rings (SSSR count). The molecular weight excluding hydrogens is 438 g/mol. The lowest BCUT2D eigenvalue weighted by atomic mass is 10.1. The number of ether oxygens (including phenoxy) is 1. The number of furan rings is 1.